The van der Waals surface area contributed by atoms with Gasteiger partial charge in [-0.25, -0.2) is 9.37 Å². The Kier molecular flexibility index (Phi) is 4.43. The van der Waals surface area contributed by atoms with Crippen molar-refractivity contribution in [3.8, 4) is 0 Å². The highest BCUT2D eigenvalue weighted by Crippen LogP contribution is 2.19. The second kappa shape index (κ2) is 5.61. The monoisotopic (exact) mass is 224 g/mol. The van der Waals surface area contributed by atoms with E-state index in [1.54, 1.807) is 4.90 Å². The molecule has 0 amide bonds. The van der Waals surface area contributed by atoms with Crippen LogP contribution in [0.2, 0.25) is 0 Å². The summed E-state index contributed by atoms with van der Waals surface area (Å²) in [6.45, 7) is 8.51. The van der Waals surface area contributed by atoms with Crippen molar-refractivity contribution in [2.75, 3.05) is 18.0 Å². The van der Waals surface area contributed by atoms with E-state index in [4.69, 9.17) is 5.11 Å². The minimum absolute atomic E-state index is 0.269. The Morgan fingerprint density at radius 1 is 1.62 bits per heavy atom. The lowest BCUT2D eigenvalue weighted by molar-refractivity contribution is 0.275. The number of hydrogen-bond acceptors (Lipinski definition) is 3. The molecule has 16 heavy (non-hydrogen) atoms. The second-order valence-corrected chi connectivity index (χ2v) is 3.74. The molecule has 3 nitrogen and oxygen atoms in total. The Bertz CT molecular complexity index is 379. The van der Waals surface area contributed by atoms with Crippen LogP contribution in [0.1, 0.15) is 19.4 Å². The third kappa shape index (κ3) is 2.79. The van der Waals surface area contributed by atoms with Gasteiger partial charge >= 0.3 is 0 Å². The first kappa shape index (κ1) is 12.6. The Morgan fingerprint density at radius 2 is 2.31 bits per heavy atom. The molecule has 1 N–H and O–H groups in total. The molecule has 0 fully saturated rings. The van der Waals surface area contributed by atoms with E-state index in [-0.39, 0.29) is 18.0 Å². The molecule has 0 radical (unpaired) electrons. The van der Waals surface area contributed by atoms with Crippen molar-refractivity contribution >= 4 is 5.82 Å². The number of aliphatic hydroxyl groups excluding tert-OH is 1. The summed E-state index contributed by atoms with van der Waals surface area (Å²) in [4.78, 5) is 5.80. The van der Waals surface area contributed by atoms with E-state index >= 15 is 0 Å². The van der Waals surface area contributed by atoms with Gasteiger partial charge < -0.3 is 10.0 Å². The van der Waals surface area contributed by atoms with Gasteiger partial charge in [-0.15, -0.1) is 0 Å². The summed E-state index contributed by atoms with van der Waals surface area (Å²) in [6.07, 6.45) is 1.51. The topological polar surface area (TPSA) is 36.4 Å². The molecule has 0 saturated carbocycles. The SMILES string of the molecule is C=C(C)CN(CC)c1nccc(CO)c1F. The molecule has 0 aliphatic heterocycles. The lowest BCUT2D eigenvalue weighted by Crippen LogP contribution is -2.26. The van der Waals surface area contributed by atoms with Crippen molar-refractivity contribution in [3.63, 3.8) is 0 Å². The van der Waals surface area contributed by atoms with Gasteiger partial charge in [-0.3, -0.25) is 0 Å². The fraction of sp³-hybridized carbons (Fsp3) is 0.417. The number of likely N-dealkylation sites (N-methyl/N-ethyl adjacent to an activating group) is 1. The van der Waals surface area contributed by atoms with E-state index in [9.17, 15) is 4.39 Å². The van der Waals surface area contributed by atoms with Crippen molar-refractivity contribution in [1.29, 1.82) is 0 Å². The summed E-state index contributed by atoms with van der Waals surface area (Å²) in [5.74, 6) is -0.176. The highest BCUT2D eigenvalue weighted by molar-refractivity contribution is 5.44. The molecule has 4 heteroatoms. The zero-order valence-electron chi connectivity index (χ0n) is 9.70. The van der Waals surface area contributed by atoms with Gasteiger partial charge in [0.2, 0.25) is 0 Å². The zero-order valence-corrected chi connectivity index (χ0v) is 9.70. The van der Waals surface area contributed by atoms with Crippen molar-refractivity contribution in [2.45, 2.75) is 20.5 Å². The van der Waals surface area contributed by atoms with Crippen LogP contribution in [0.3, 0.4) is 0 Å². The van der Waals surface area contributed by atoms with Crippen molar-refractivity contribution in [3.05, 3.63) is 35.8 Å². The van der Waals surface area contributed by atoms with Crippen LogP contribution in [0.15, 0.2) is 24.4 Å². The van der Waals surface area contributed by atoms with Gasteiger partial charge in [-0.2, -0.15) is 0 Å². The highest BCUT2D eigenvalue weighted by atomic mass is 19.1. The number of aliphatic hydroxyl groups is 1. The van der Waals surface area contributed by atoms with E-state index in [0.29, 0.717) is 13.1 Å². The van der Waals surface area contributed by atoms with Gasteiger partial charge in [0.05, 0.1) is 6.61 Å². The Balaban J connectivity index is 3.04. The number of halogens is 1. The summed E-state index contributed by atoms with van der Waals surface area (Å²) in [7, 11) is 0. The van der Waals surface area contributed by atoms with Gasteiger partial charge in [0.15, 0.2) is 11.6 Å². The summed E-state index contributed by atoms with van der Waals surface area (Å²) in [5, 5.41) is 8.98. The minimum atomic E-state index is -0.451. The largest absolute Gasteiger partial charge is 0.392 e. The van der Waals surface area contributed by atoms with Gasteiger partial charge in [0, 0.05) is 24.8 Å². The van der Waals surface area contributed by atoms with Crippen LogP contribution in [0.4, 0.5) is 10.2 Å². The number of anilines is 1. The number of aromatic nitrogens is 1. The Morgan fingerprint density at radius 3 is 2.81 bits per heavy atom. The molecule has 0 atom stereocenters. The number of pyridine rings is 1. The van der Waals surface area contributed by atoms with Gasteiger partial charge in [0.25, 0.3) is 0 Å². The van der Waals surface area contributed by atoms with E-state index in [2.05, 4.69) is 11.6 Å². The molecule has 0 bridgehead atoms. The molecule has 1 aromatic heterocycles. The van der Waals surface area contributed by atoms with E-state index < -0.39 is 5.82 Å². The third-order valence-corrected chi connectivity index (χ3v) is 2.26. The van der Waals surface area contributed by atoms with Crippen LogP contribution in [0, 0.1) is 5.82 Å². The molecule has 0 aromatic carbocycles. The maximum atomic E-state index is 13.9. The second-order valence-electron chi connectivity index (χ2n) is 3.74. The van der Waals surface area contributed by atoms with Crippen LogP contribution < -0.4 is 4.90 Å². The van der Waals surface area contributed by atoms with Crippen LogP contribution in [0.25, 0.3) is 0 Å². The average Bonchev–Trinajstić information content (AvgIpc) is 2.26. The third-order valence-electron chi connectivity index (χ3n) is 2.26. The van der Waals surface area contributed by atoms with Crippen LogP contribution in [0.5, 0.6) is 0 Å². The number of hydrogen-bond donors (Lipinski definition) is 1. The molecule has 0 unspecified atom stereocenters. The first-order chi connectivity index (χ1) is 7.60. The summed E-state index contributed by atoms with van der Waals surface area (Å²) < 4.78 is 13.9. The normalized spacial score (nSPS) is 10.2. The minimum Gasteiger partial charge on any atom is -0.392 e. The quantitative estimate of drug-likeness (QED) is 0.778. The zero-order chi connectivity index (χ0) is 12.1. The molecule has 0 spiro atoms. The molecule has 1 aromatic rings. The fourth-order valence-corrected chi connectivity index (χ4v) is 1.48. The van der Waals surface area contributed by atoms with Gasteiger partial charge in [0.1, 0.15) is 0 Å². The van der Waals surface area contributed by atoms with E-state index in [1.807, 2.05) is 13.8 Å². The van der Waals surface area contributed by atoms with E-state index in [0.717, 1.165) is 5.57 Å². The Labute approximate surface area is 95.2 Å². The first-order valence-corrected chi connectivity index (χ1v) is 5.23. The van der Waals surface area contributed by atoms with Crippen LogP contribution in [-0.2, 0) is 6.61 Å². The van der Waals surface area contributed by atoms with Gasteiger partial charge in [-0.1, -0.05) is 12.2 Å². The molecular formula is C12H17FN2O. The lowest BCUT2D eigenvalue weighted by atomic mass is 10.2. The fourth-order valence-electron chi connectivity index (χ4n) is 1.48. The van der Waals surface area contributed by atoms with Crippen molar-refractivity contribution < 1.29 is 9.50 Å². The molecule has 88 valence electrons. The standard InChI is InChI=1S/C12H17FN2O/c1-4-15(7-9(2)3)12-11(13)10(8-16)5-6-14-12/h5-6,16H,2,4,7-8H2,1,3H3. The van der Waals surface area contributed by atoms with Gasteiger partial charge in [-0.05, 0) is 19.9 Å². The lowest BCUT2D eigenvalue weighted by Gasteiger charge is -2.23. The van der Waals surface area contributed by atoms with Crippen LogP contribution >= 0.6 is 0 Å². The smallest absolute Gasteiger partial charge is 0.171 e. The number of nitrogens with zero attached hydrogens (tertiary/aromatic N) is 2. The summed E-state index contributed by atoms with van der Waals surface area (Å²) >= 11 is 0. The molecule has 0 aliphatic rings. The molecular weight excluding hydrogens is 207 g/mol. The molecule has 1 heterocycles. The predicted octanol–water partition coefficient (Wildman–Crippen LogP) is 2.12. The van der Waals surface area contributed by atoms with Crippen molar-refractivity contribution in [2.24, 2.45) is 0 Å². The van der Waals surface area contributed by atoms with Crippen LogP contribution in [-0.4, -0.2) is 23.2 Å². The van der Waals surface area contributed by atoms with E-state index in [1.165, 1.54) is 12.3 Å². The maximum Gasteiger partial charge on any atom is 0.171 e. The average molecular weight is 224 g/mol. The summed E-state index contributed by atoms with van der Waals surface area (Å²) in [6, 6.07) is 1.48. The predicted molar refractivity (Wildman–Crippen MR) is 62.8 cm³/mol. The summed E-state index contributed by atoms with van der Waals surface area (Å²) in [5.41, 5.74) is 1.21. The van der Waals surface area contributed by atoms with Crippen molar-refractivity contribution in [1.82, 2.24) is 4.98 Å². The Hall–Kier alpha value is -1.42. The first-order valence-electron chi connectivity index (χ1n) is 5.23. The molecule has 0 aliphatic carbocycles. The molecule has 1 rings (SSSR count). The number of rotatable bonds is 5. The highest BCUT2D eigenvalue weighted by Gasteiger charge is 2.14. The maximum absolute atomic E-state index is 13.9. The molecule has 0 saturated heterocycles.